The summed E-state index contributed by atoms with van der Waals surface area (Å²) in [6, 6.07) is 25.2. The second-order valence-corrected chi connectivity index (χ2v) is 14.4. The molecule has 2 amide bonds. The van der Waals surface area contributed by atoms with Crippen LogP contribution in [-0.4, -0.2) is 60.3 Å². The zero-order valence-electron chi connectivity index (χ0n) is 27.9. The van der Waals surface area contributed by atoms with Gasteiger partial charge in [-0.3, -0.25) is 4.90 Å². The number of ether oxygens (including phenoxy) is 1. The summed E-state index contributed by atoms with van der Waals surface area (Å²) in [6.07, 6.45) is 3.22. The van der Waals surface area contributed by atoms with Gasteiger partial charge >= 0.3 is 12.2 Å². The predicted octanol–water partition coefficient (Wildman–Crippen LogP) is 8.90. The van der Waals surface area contributed by atoms with E-state index in [9.17, 15) is 14.7 Å². The first kappa shape index (κ1) is 30.9. The summed E-state index contributed by atoms with van der Waals surface area (Å²) in [5.41, 5.74) is 7.59. The second-order valence-electron chi connectivity index (χ2n) is 14.4. The Morgan fingerprint density at radius 1 is 0.816 bits per heavy atom. The quantitative estimate of drug-likeness (QED) is 0.146. The fourth-order valence-electron chi connectivity index (χ4n) is 7.60. The zero-order chi connectivity index (χ0) is 33.9. The van der Waals surface area contributed by atoms with Crippen molar-refractivity contribution in [1.29, 1.82) is 0 Å². The van der Waals surface area contributed by atoms with E-state index in [0.29, 0.717) is 12.4 Å². The summed E-state index contributed by atoms with van der Waals surface area (Å²) in [6.45, 7) is 6.15. The van der Waals surface area contributed by atoms with Crippen LogP contribution >= 0.6 is 0 Å². The summed E-state index contributed by atoms with van der Waals surface area (Å²) in [5, 5.41) is 14.8. The van der Waals surface area contributed by atoms with Crippen molar-refractivity contribution in [1.82, 2.24) is 30.2 Å². The van der Waals surface area contributed by atoms with Crippen molar-refractivity contribution in [2.24, 2.45) is 0 Å². The highest BCUT2D eigenvalue weighted by Crippen LogP contribution is 2.37. The maximum absolute atomic E-state index is 12.5. The number of aromatic nitrogens is 4. The first-order valence-electron chi connectivity index (χ1n) is 17.1. The van der Waals surface area contributed by atoms with Crippen molar-refractivity contribution in [3.63, 3.8) is 0 Å². The van der Waals surface area contributed by atoms with Crippen LogP contribution < -0.4 is 5.32 Å². The smallest absolute Gasteiger partial charge is 0.407 e. The van der Waals surface area contributed by atoms with Crippen LogP contribution in [0.25, 0.3) is 55.1 Å². The third kappa shape index (κ3) is 5.96. The Labute approximate surface area is 283 Å². The number of fused-ring (bicyclic) bond motifs is 4. The molecule has 0 radical (unpaired) electrons. The number of amides is 2. The van der Waals surface area contributed by atoms with Gasteiger partial charge in [0.15, 0.2) is 0 Å². The average Bonchev–Trinajstić information content (AvgIpc) is 3.88. The lowest BCUT2D eigenvalue weighted by Crippen LogP contribution is -2.40. The first-order valence-corrected chi connectivity index (χ1v) is 17.1. The van der Waals surface area contributed by atoms with Gasteiger partial charge in [-0.25, -0.2) is 19.6 Å². The summed E-state index contributed by atoms with van der Waals surface area (Å²) >= 11 is 0. The van der Waals surface area contributed by atoms with Gasteiger partial charge in [0.2, 0.25) is 0 Å². The predicted molar refractivity (Wildman–Crippen MR) is 191 cm³/mol. The second kappa shape index (κ2) is 11.9. The van der Waals surface area contributed by atoms with Gasteiger partial charge in [-0.15, -0.1) is 0 Å². The molecule has 10 heteroatoms. The number of alkyl carbamates (subject to hydrolysis) is 1. The number of carbonyl (C=O) groups excluding carboxylic acids is 1. The van der Waals surface area contributed by atoms with Gasteiger partial charge in [-0.1, -0.05) is 55.0 Å². The number of rotatable bonds is 5. The van der Waals surface area contributed by atoms with E-state index in [0.717, 1.165) is 93.0 Å². The number of hydrogen-bond acceptors (Lipinski definition) is 5. The minimum absolute atomic E-state index is 0.0118. The molecule has 6 aromatic rings. The van der Waals surface area contributed by atoms with Crippen LogP contribution in [0.4, 0.5) is 9.59 Å². The molecule has 4 N–H and O–H groups in total. The lowest BCUT2D eigenvalue weighted by atomic mass is 9.98. The van der Waals surface area contributed by atoms with Crippen molar-refractivity contribution in [2.45, 2.75) is 76.5 Å². The highest BCUT2D eigenvalue weighted by Gasteiger charge is 2.34. The number of H-pyrrole nitrogens is 2. The molecule has 1 aliphatic carbocycles. The van der Waals surface area contributed by atoms with E-state index in [2.05, 4.69) is 82.0 Å². The number of benzene rings is 4. The largest absolute Gasteiger partial charge is 0.465 e. The molecule has 2 aromatic heterocycles. The number of likely N-dealkylation sites (tertiary alicyclic amines) is 1. The molecule has 8 rings (SSSR count). The molecule has 3 heterocycles. The molecular weight excluding hydrogens is 616 g/mol. The standard InChI is InChI=1S/C39H40N6O4/c1-39(2,3)49-37(46)43-29-7-4-6-28(29)35-40-30-17-14-25(21-32(30)42-35)23-11-9-22(10-12-23)24-13-16-27-26(20-24)15-18-31-34(27)44-36(41-31)33-8-5-19-45(33)38(47)48/h9-18,20-21,28-29,33H,4-8,19H2,1-3H3,(H,40,42)(H,41,44)(H,43,46)(H,47,48)/t28-,29+,33?/m1/s1. The van der Waals surface area contributed by atoms with E-state index in [1.54, 1.807) is 0 Å². The summed E-state index contributed by atoms with van der Waals surface area (Å²) in [7, 11) is 0. The van der Waals surface area contributed by atoms with Crippen molar-refractivity contribution in [3.8, 4) is 22.3 Å². The molecule has 10 nitrogen and oxygen atoms in total. The number of imidazole rings is 2. The summed E-state index contributed by atoms with van der Waals surface area (Å²) in [5.74, 6) is 1.73. The zero-order valence-corrected chi connectivity index (χ0v) is 27.9. The molecule has 4 aromatic carbocycles. The highest BCUT2D eigenvalue weighted by atomic mass is 16.6. The molecule has 1 saturated heterocycles. The number of carboxylic acid groups (broad SMARTS) is 1. The van der Waals surface area contributed by atoms with E-state index < -0.39 is 11.7 Å². The van der Waals surface area contributed by atoms with Gasteiger partial charge in [0, 0.05) is 23.9 Å². The van der Waals surface area contributed by atoms with Crippen molar-refractivity contribution in [3.05, 3.63) is 84.4 Å². The molecule has 0 bridgehead atoms. The van der Waals surface area contributed by atoms with E-state index in [-0.39, 0.29) is 24.1 Å². The molecular formula is C39H40N6O4. The number of nitrogens with one attached hydrogen (secondary N) is 3. The van der Waals surface area contributed by atoms with E-state index in [1.807, 2.05) is 26.8 Å². The Morgan fingerprint density at radius 3 is 2.27 bits per heavy atom. The molecule has 250 valence electrons. The van der Waals surface area contributed by atoms with Crippen molar-refractivity contribution >= 4 is 45.0 Å². The SMILES string of the molecule is CC(C)(C)OC(=O)N[C@H]1CCC[C@H]1c1nc2ccc(-c3ccc(-c4ccc5c(ccc6nc(C7CCCN7C(=O)O)[nH]c65)c4)cc3)cc2[nH]1. The third-order valence-corrected chi connectivity index (χ3v) is 9.93. The lowest BCUT2D eigenvalue weighted by molar-refractivity contribution is 0.0500. The maximum Gasteiger partial charge on any atom is 0.407 e. The highest BCUT2D eigenvalue weighted by molar-refractivity contribution is 6.05. The fraction of sp³-hybridized carbons (Fsp3) is 0.333. The molecule has 2 aliphatic rings. The van der Waals surface area contributed by atoms with Crippen LogP contribution in [0.15, 0.2) is 72.8 Å². The Hall–Kier alpha value is -5.38. The van der Waals surface area contributed by atoms with Crippen LogP contribution in [0.1, 0.15) is 76.5 Å². The molecule has 0 spiro atoms. The Kier molecular flexibility index (Phi) is 7.54. The van der Waals surface area contributed by atoms with E-state index in [1.165, 1.54) is 4.90 Å². The average molecular weight is 657 g/mol. The number of hydrogen-bond donors (Lipinski definition) is 4. The minimum atomic E-state index is -0.900. The fourth-order valence-corrected chi connectivity index (χ4v) is 7.60. The van der Waals surface area contributed by atoms with Gasteiger partial charge in [0.1, 0.15) is 17.2 Å². The van der Waals surface area contributed by atoms with E-state index >= 15 is 0 Å². The molecule has 49 heavy (non-hydrogen) atoms. The normalized spacial score (nSPS) is 19.7. The molecule has 2 fully saturated rings. The third-order valence-electron chi connectivity index (χ3n) is 9.93. The van der Waals surface area contributed by atoms with Crippen LogP contribution in [0, 0.1) is 0 Å². The van der Waals surface area contributed by atoms with Crippen molar-refractivity contribution < 1.29 is 19.4 Å². The van der Waals surface area contributed by atoms with Gasteiger partial charge in [0.25, 0.3) is 0 Å². The topological polar surface area (TPSA) is 136 Å². The van der Waals surface area contributed by atoms with E-state index in [4.69, 9.17) is 14.7 Å². The number of aromatic amines is 2. The molecule has 3 atom stereocenters. The lowest BCUT2D eigenvalue weighted by Gasteiger charge is -2.24. The summed E-state index contributed by atoms with van der Waals surface area (Å²) in [4.78, 5) is 42.4. The van der Waals surface area contributed by atoms with Gasteiger partial charge in [0.05, 0.1) is 28.1 Å². The van der Waals surface area contributed by atoms with Crippen molar-refractivity contribution in [2.75, 3.05) is 6.54 Å². The Balaban J connectivity index is 1.01. The van der Waals surface area contributed by atoms with Crippen LogP contribution in [-0.2, 0) is 4.74 Å². The first-order chi connectivity index (χ1) is 23.6. The summed E-state index contributed by atoms with van der Waals surface area (Å²) < 4.78 is 5.50. The number of carbonyl (C=O) groups is 2. The Morgan fingerprint density at radius 2 is 1.51 bits per heavy atom. The minimum Gasteiger partial charge on any atom is -0.465 e. The number of nitrogens with zero attached hydrogens (tertiary/aromatic N) is 3. The van der Waals surface area contributed by atoms with Crippen LogP contribution in [0.3, 0.4) is 0 Å². The van der Waals surface area contributed by atoms with Crippen LogP contribution in [0.2, 0.25) is 0 Å². The van der Waals surface area contributed by atoms with Crippen LogP contribution in [0.5, 0.6) is 0 Å². The monoisotopic (exact) mass is 656 g/mol. The molecule has 1 saturated carbocycles. The van der Waals surface area contributed by atoms with Gasteiger partial charge < -0.3 is 25.1 Å². The maximum atomic E-state index is 12.5. The molecule has 1 aliphatic heterocycles. The van der Waals surface area contributed by atoms with Gasteiger partial charge in [-0.2, -0.15) is 0 Å². The van der Waals surface area contributed by atoms with Gasteiger partial charge in [-0.05, 0) is 98.4 Å². The Bertz CT molecular complexity index is 2210. The molecule has 1 unspecified atom stereocenters.